The van der Waals surface area contributed by atoms with E-state index >= 15 is 0 Å². The van der Waals surface area contributed by atoms with Crippen molar-refractivity contribution in [3.8, 4) is 0 Å². The highest BCUT2D eigenvalue weighted by atomic mass is 16.1. The topological polar surface area (TPSA) is 82.9 Å². The summed E-state index contributed by atoms with van der Waals surface area (Å²) < 4.78 is 2.02. The molecule has 3 heterocycles. The Morgan fingerprint density at radius 1 is 0.767 bits per heavy atom. The molecule has 2 fully saturated rings. The summed E-state index contributed by atoms with van der Waals surface area (Å²) >= 11 is 0. The monoisotopic (exact) mass is 573 g/mol. The van der Waals surface area contributed by atoms with Crippen molar-refractivity contribution in [2.75, 3.05) is 26.2 Å². The molecule has 7 rings (SSSR count). The summed E-state index contributed by atoms with van der Waals surface area (Å²) in [6, 6.07) is 27.9. The number of hydrogen-bond donors (Lipinski definition) is 1. The van der Waals surface area contributed by atoms with E-state index in [4.69, 9.17) is 0 Å². The largest absolute Gasteiger partial charge is 0.321 e. The van der Waals surface area contributed by atoms with Crippen molar-refractivity contribution in [1.82, 2.24) is 35.0 Å². The van der Waals surface area contributed by atoms with Gasteiger partial charge in [0.05, 0.1) is 17.6 Å². The van der Waals surface area contributed by atoms with Crippen LogP contribution in [0.2, 0.25) is 0 Å². The predicted molar refractivity (Wildman–Crippen MR) is 169 cm³/mol. The van der Waals surface area contributed by atoms with Gasteiger partial charge >= 0.3 is 0 Å². The van der Waals surface area contributed by atoms with Crippen LogP contribution in [-0.4, -0.2) is 61.2 Å². The summed E-state index contributed by atoms with van der Waals surface area (Å²) in [6.45, 7) is 7.46. The maximum Gasteiger partial charge on any atom is 0.253 e. The Morgan fingerprint density at radius 2 is 1.35 bits per heavy atom. The lowest BCUT2D eigenvalue weighted by atomic mass is 9.95. The van der Waals surface area contributed by atoms with Crippen LogP contribution in [0.4, 0.5) is 0 Å². The van der Waals surface area contributed by atoms with Crippen LogP contribution in [0.1, 0.15) is 77.5 Å². The third kappa shape index (κ3) is 5.30. The average Bonchev–Trinajstić information content (AvgIpc) is 3.75. The van der Waals surface area contributed by atoms with Gasteiger partial charge in [0.2, 0.25) is 0 Å². The van der Waals surface area contributed by atoms with Crippen LogP contribution in [0.25, 0.3) is 10.9 Å². The number of benzene rings is 3. The number of aryl methyl sites for hydroxylation is 2. The number of tetrazole rings is 1. The fourth-order valence-corrected chi connectivity index (χ4v) is 7.22. The van der Waals surface area contributed by atoms with Crippen molar-refractivity contribution >= 4 is 10.9 Å². The first kappa shape index (κ1) is 27.7. The first-order valence-electron chi connectivity index (χ1n) is 15.6. The lowest BCUT2D eigenvalue weighted by molar-refractivity contribution is 0.0850. The third-order valence-corrected chi connectivity index (χ3v) is 9.51. The normalized spacial score (nSPS) is 17.7. The van der Waals surface area contributed by atoms with Crippen molar-refractivity contribution in [2.45, 2.75) is 57.7 Å². The molecule has 5 aromatic rings. The highest BCUT2D eigenvalue weighted by Crippen LogP contribution is 2.36. The highest BCUT2D eigenvalue weighted by Gasteiger charge is 2.36. The van der Waals surface area contributed by atoms with Crippen LogP contribution in [0.3, 0.4) is 0 Å². The van der Waals surface area contributed by atoms with Crippen LogP contribution < -0.4 is 5.56 Å². The summed E-state index contributed by atoms with van der Waals surface area (Å²) in [5.74, 6) is 0.776. The number of nitrogens with zero attached hydrogens (tertiary/aromatic N) is 6. The molecule has 1 saturated carbocycles. The number of fused-ring (bicyclic) bond motifs is 1. The zero-order chi connectivity index (χ0) is 29.3. The van der Waals surface area contributed by atoms with Gasteiger partial charge in [-0.3, -0.25) is 14.6 Å². The summed E-state index contributed by atoms with van der Waals surface area (Å²) in [7, 11) is 0. The van der Waals surface area contributed by atoms with Gasteiger partial charge in [-0.05, 0) is 65.4 Å². The van der Waals surface area contributed by atoms with E-state index in [9.17, 15) is 4.79 Å². The van der Waals surface area contributed by atoms with Gasteiger partial charge in [0.1, 0.15) is 6.04 Å². The SMILES string of the molecule is Cc1ccc(C)c2[nH]c(=O)c(C(c3nnnn3C3CCCC3)N3CCN(C(c4ccccc4)c4ccccc4)CC3)cc12. The Morgan fingerprint density at radius 3 is 1.98 bits per heavy atom. The average molecular weight is 574 g/mol. The molecule has 1 saturated heterocycles. The van der Waals surface area contributed by atoms with Gasteiger partial charge in [-0.2, -0.15) is 0 Å². The van der Waals surface area contributed by atoms with E-state index in [1.807, 2.05) is 11.6 Å². The quantitative estimate of drug-likeness (QED) is 0.267. The molecule has 1 aliphatic heterocycles. The molecular formula is C35H39N7O. The molecule has 0 radical (unpaired) electrons. The van der Waals surface area contributed by atoms with Crippen molar-refractivity contribution in [1.29, 1.82) is 0 Å². The molecule has 1 unspecified atom stereocenters. The number of aromatic nitrogens is 5. The minimum absolute atomic E-state index is 0.0685. The number of H-pyrrole nitrogens is 1. The Labute approximate surface area is 252 Å². The van der Waals surface area contributed by atoms with Gasteiger partial charge in [0.25, 0.3) is 5.56 Å². The zero-order valence-electron chi connectivity index (χ0n) is 25.0. The van der Waals surface area contributed by atoms with Crippen LogP contribution >= 0.6 is 0 Å². The lowest BCUT2D eigenvalue weighted by Crippen LogP contribution is -2.50. The summed E-state index contributed by atoms with van der Waals surface area (Å²) in [5, 5.41) is 14.4. The van der Waals surface area contributed by atoms with E-state index in [1.54, 1.807) is 0 Å². The molecular weight excluding hydrogens is 534 g/mol. The minimum Gasteiger partial charge on any atom is -0.321 e. The molecule has 0 bridgehead atoms. The van der Waals surface area contributed by atoms with Gasteiger partial charge in [-0.25, -0.2) is 4.68 Å². The molecule has 1 N–H and O–H groups in total. The molecule has 1 aliphatic carbocycles. The number of hydrogen-bond acceptors (Lipinski definition) is 6. The van der Waals surface area contributed by atoms with Crippen LogP contribution in [0.5, 0.6) is 0 Å². The van der Waals surface area contributed by atoms with Gasteiger partial charge in [-0.15, -0.1) is 5.10 Å². The van der Waals surface area contributed by atoms with Crippen LogP contribution in [-0.2, 0) is 0 Å². The number of rotatable bonds is 7. The number of piperazine rings is 1. The van der Waals surface area contributed by atoms with Crippen molar-refractivity contribution in [3.63, 3.8) is 0 Å². The van der Waals surface area contributed by atoms with Crippen LogP contribution in [0.15, 0.2) is 83.7 Å². The summed E-state index contributed by atoms with van der Waals surface area (Å²) in [4.78, 5) is 22.1. The number of nitrogens with one attached hydrogen (secondary N) is 1. The van der Waals surface area contributed by atoms with E-state index in [0.29, 0.717) is 5.56 Å². The number of pyridine rings is 1. The van der Waals surface area contributed by atoms with Gasteiger partial charge in [-0.1, -0.05) is 85.6 Å². The molecule has 8 heteroatoms. The molecule has 8 nitrogen and oxygen atoms in total. The summed E-state index contributed by atoms with van der Waals surface area (Å²) in [5.41, 5.74) is 6.35. The molecule has 2 aliphatic rings. The van der Waals surface area contributed by atoms with Crippen molar-refractivity contribution in [3.05, 3.63) is 123 Å². The first-order chi connectivity index (χ1) is 21.1. The van der Waals surface area contributed by atoms with E-state index < -0.39 is 0 Å². The van der Waals surface area contributed by atoms with E-state index in [2.05, 4.69) is 116 Å². The third-order valence-electron chi connectivity index (χ3n) is 9.51. The molecule has 2 aromatic heterocycles. The smallest absolute Gasteiger partial charge is 0.253 e. The molecule has 0 spiro atoms. The van der Waals surface area contributed by atoms with Gasteiger partial charge < -0.3 is 4.98 Å². The molecule has 0 amide bonds. The van der Waals surface area contributed by atoms with Gasteiger partial charge in [0.15, 0.2) is 5.82 Å². The first-order valence-corrected chi connectivity index (χ1v) is 15.6. The highest BCUT2D eigenvalue weighted by molar-refractivity contribution is 5.85. The fraction of sp³-hybridized carbons (Fsp3) is 0.371. The second-order valence-corrected chi connectivity index (χ2v) is 12.2. The van der Waals surface area contributed by atoms with Crippen molar-refractivity contribution in [2.24, 2.45) is 0 Å². The van der Waals surface area contributed by atoms with Crippen LogP contribution in [0, 0.1) is 13.8 Å². The maximum absolute atomic E-state index is 13.9. The predicted octanol–water partition coefficient (Wildman–Crippen LogP) is 5.74. The molecule has 220 valence electrons. The van der Waals surface area contributed by atoms with E-state index in [1.165, 1.54) is 24.0 Å². The van der Waals surface area contributed by atoms with E-state index in [-0.39, 0.29) is 23.7 Å². The van der Waals surface area contributed by atoms with Crippen molar-refractivity contribution < 1.29 is 0 Å². The molecule has 43 heavy (non-hydrogen) atoms. The summed E-state index contributed by atoms with van der Waals surface area (Å²) in [6.07, 6.45) is 4.51. The Hall–Kier alpha value is -4.14. The standard InChI is InChI=1S/C35H39N7O/c1-24-17-18-25(2)31-29(24)23-30(35(43)36-31)33(34-37-38-39-42(34)28-15-9-10-16-28)41-21-19-40(20-22-41)32(26-11-5-3-6-12-26)27-13-7-4-8-14-27/h3-8,11-14,17-18,23,28,32-33H,9-10,15-16,19-22H2,1-2H3,(H,36,43). The second-order valence-electron chi connectivity index (χ2n) is 12.2. The molecule has 1 atom stereocenters. The minimum atomic E-state index is -0.335. The van der Waals surface area contributed by atoms with E-state index in [0.717, 1.165) is 66.9 Å². The zero-order valence-corrected chi connectivity index (χ0v) is 25.0. The number of aromatic amines is 1. The fourth-order valence-electron chi connectivity index (χ4n) is 7.22. The molecule has 3 aromatic carbocycles. The lowest BCUT2D eigenvalue weighted by Gasteiger charge is -2.42. The Kier molecular flexibility index (Phi) is 7.63. The van der Waals surface area contributed by atoms with Gasteiger partial charge in [0, 0.05) is 37.1 Å². The Balaban J connectivity index is 1.27. The maximum atomic E-state index is 13.9. The second kappa shape index (κ2) is 11.9. The Bertz CT molecular complexity index is 1710.